The van der Waals surface area contributed by atoms with Crippen LogP contribution in [0.2, 0.25) is 0 Å². The van der Waals surface area contributed by atoms with Crippen molar-refractivity contribution in [3.8, 4) is 0 Å². The highest BCUT2D eigenvalue weighted by molar-refractivity contribution is 5.18. The van der Waals surface area contributed by atoms with Crippen LogP contribution in [0.4, 0.5) is 0 Å². The van der Waals surface area contributed by atoms with Crippen molar-refractivity contribution in [2.45, 2.75) is 64.0 Å². The summed E-state index contributed by atoms with van der Waals surface area (Å²) in [4.78, 5) is 0. The number of rotatable bonds is 4. The van der Waals surface area contributed by atoms with Crippen LogP contribution in [0, 0.1) is 5.41 Å². The zero-order chi connectivity index (χ0) is 13.9. The molecule has 4 nitrogen and oxygen atoms in total. The quantitative estimate of drug-likeness (QED) is 0.607. The van der Waals surface area contributed by atoms with E-state index in [2.05, 4.69) is 19.3 Å². The number of methoxy groups -OCH3 is 1. The molecule has 19 heavy (non-hydrogen) atoms. The maximum absolute atomic E-state index is 5.94. The molecule has 1 saturated carbocycles. The fourth-order valence-electron chi connectivity index (χ4n) is 3.35. The lowest BCUT2D eigenvalue weighted by atomic mass is 9.67. The SMILES string of the molecule is COC1(C(NN)C2=COCCC2)CCC(C)(C)CC1. The van der Waals surface area contributed by atoms with Gasteiger partial charge in [-0.25, -0.2) is 0 Å². The van der Waals surface area contributed by atoms with Gasteiger partial charge in [0.05, 0.1) is 24.5 Å². The Morgan fingerprint density at radius 2 is 2.00 bits per heavy atom. The minimum absolute atomic E-state index is 0.0638. The second kappa shape index (κ2) is 5.81. The Morgan fingerprint density at radius 1 is 1.32 bits per heavy atom. The molecule has 2 rings (SSSR count). The molecule has 1 fully saturated rings. The third-order valence-electron chi connectivity index (χ3n) is 4.88. The lowest BCUT2D eigenvalue weighted by Gasteiger charge is -2.47. The van der Waals surface area contributed by atoms with Crippen LogP contribution >= 0.6 is 0 Å². The zero-order valence-electron chi connectivity index (χ0n) is 12.5. The summed E-state index contributed by atoms with van der Waals surface area (Å²) >= 11 is 0. The first-order valence-corrected chi connectivity index (χ1v) is 7.35. The average Bonchev–Trinajstić information content (AvgIpc) is 2.43. The van der Waals surface area contributed by atoms with Crippen LogP contribution in [0.15, 0.2) is 11.8 Å². The largest absolute Gasteiger partial charge is 0.501 e. The van der Waals surface area contributed by atoms with Crippen molar-refractivity contribution in [2.75, 3.05) is 13.7 Å². The van der Waals surface area contributed by atoms with Gasteiger partial charge in [0, 0.05) is 7.11 Å². The third-order valence-corrected chi connectivity index (χ3v) is 4.88. The maximum atomic E-state index is 5.94. The Bertz CT molecular complexity index is 329. The van der Waals surface area contributed by atoms with Gasteiger partial charge in [0.15, 0.2) is 0 Å². The molecule has 110 valence electrons. The van der Waals surface area contributed by atoms with Gasteiger partial charge in [-0.15, -0.1) is 0 Å². The first kappa shape index (κ1) is 14.8. The molecule has 1 atom stereocenters. The summed E-state index contributed by atoms with van der Waals surface area (Å²) in [5, 5.41) is 0. The smallest absolute Gasteiger partial charge is 0.0883 e. The van der Waals surface area contributed by atoms with E-state index in [1.807, 2.05) is 13.4 Å². The van der Waals surface area contributed by atoms with Gasteiger partial charge < -0.3 is 9.47 Å². The molecule has 0 amide bonds. The second-order valence-electron chi connectivity index (χ2n) is 6.70. The first-order valence-electron chi connectivity index (χ1n) is 7.35. The molecule has 0 saturated heterocycles. The van der Waals surface area contributed by atoms with Gasteiger partial charge >= 0.3 is 0 Å². The molecule has 0 bridgehead atoms. The van der Waals surface area contributed by atoms with E-state index in [1.54, 1.807) is 0 Å². The van der Waals surface area contributed by atoms with E-state index in [1.165, 1.54) is 18.4 Å². The molecule has 0 aromatic heterocycles. The fourth-order valence-corrected chi connectivity index (χ4v) is 3.35. The van der Waals surface area contributed by atoms with E-state index < -0.39 is 0 Å². The highest BCUT2D eigenvalue weighted by Crippen LogP contribution is 2.45. The van der Waals surface area contributed by atoms with Crippen LogP contribution in [0.1, 0.15) is 52.4 Å². The van der Waals surface area contributed by atoms with Crippen LogP contribution in [0.25, 0.3) is 0 Å². The normalized spacial score (nSPS) is 27.3. The monoisotopic (exact) mass is 268 g/mol. The number of hydrogen-bond acceptors (Lipinski definition) is 4. The molecule has 1 aliphatic carbocycles. The first-order chi connectivity index (χ1) is 9.03. The molecule has 4 heteroatoms. The lowest BCUT2D eigenvalue weighted by molar-refractivity contribution is -0.0800. The molecule has 2 aliphatic rings. The molecule has 1 unspecified atom stereocenters. The predicted octanol–water partition coefficient (Wildman–Crippen LogP) is 2.50. The summed E-state index contributed by atoms with van der Waals surface area (Å²) in [6.45, 7) is 5.48. The third kappa shape index (κ3) is 3.12. The molecule has 0 aromatic carbocycles. The number of hydrazine groups is 1. The van der Waals surface area contributed by atoms with Crippen molar-refractivity contribution in [3.05, 3.63) is 11.8 Å². The molecular weight excluding hydrogens is 240 g/mol. The molecular formula is C15H28N2O2. The van der Waals surface area contributed by atoms with Crippen molar-refractivity contribution in [1.29, 1.82) is 0 Å². The topological polar surface area (TPSA) is 56.5 Å². The molecule has 1 heterocycles. The average molecular weight is 268 g/mol. The van der Waals surface area contributed by atoms with Gasteiger partial charge in [0.2, 0.25) is 0 Å². The van der Waals surface area contributed by atoms with Crippen molar-refractivity contribution >= 4 is 0 Å². The van der Waals surface area contributed by atoms with E-state index in [4.69, 9.17) is 15.3 Å². The number of nitrogens with one attached hydrogen (secondary N) is 1. The van der Waals surface area contributed by atoms with E-state index in [0.717, 1.165) is 32.3 Å². The van der Waals surface area contributed by atoms with Crippen LogP contribution in [-0.2, 0) is 9.47 Å². The van der Waals surface area contributed by atoms with Gasteiger partial charge in [-0.3, -0.25) is 11.3 Å². The summed E-state index contributed by atoms with van der Waals surface area (Å²) in [6, 6.07) is 0.0638. The second-order valence-corrected chi connectivity index (χ2v) is 6.70. The van der Waals surface area contributed by atoms with Crippen molar-refractivity contribution in [1.82, 2.24) is 5.43 Å². The molecule has 0 radical (unpaired) electrons. The summed E-state index contributed by atoms with van der Waals surface area (Å²) in [5.74, 6) is 5.84. The summed E-state index contributed by atoms with van der Waals surface area (Å²) in [6.07, 6.45) is 8.43. The highest BCUT2D eigenvalue weighted by Gasteiger charge is 2.45. The summed E-state index contributed by atoms with van der Waals surface area (Å²) in [7, 11) is 1.81. The Labute approximate surface area is 116 Å². The van der Waals surface area contributed by atoms with Crippen LogP contribution in [0.3, 0.4) is 0 Å². The van der Waals surface area contributed by atoms with Gasteiger partial charge in [0.1, 0.15) is 0 Å². The Kier molecular flexibility index (Phi) is 4.54. The minimum atomic E-state index is -0.184. The molecule has 1 aliphatic heterocycles. The zero-order valence-corrected chi connectivity index (χ0v) is 12.5. The summed E-state index contributed by atoms with van der Waals surface area (Å²) in [5.41, 5.74) is 4.46. The Hall–Kier alpha value is -0.580. The van der Waals surface area contributed by atoms with Gasteiger partial charge in [0.25, 0.3) is 0 Å². The van der Waals surface area contributed by atoms with E-state index in [-0.39, 0.29) is 11.6 Å². The number of ether oxygens (including phenoxy) is 2. The van der Waals surface area contributed by atoms with E-state index in [0.29, 0.717) is 5.41 Å². The highest BCUT2D eigenvalue weighted by atomic mass is 16.5. The number of hydrogen-bond donors (Lipinski definition) is 2. The van der Waals surface area contributed by atoms with Crippen LogP contribution in [0.5, 0.6) is 0 Å². The molecule has 0 spiro atoms. The Morgan fingerprint density at radius 3 is 2.47 bits per heavy atom. The van der Waals surface area contributed by atoms with Crippen LogP contribution in [-0.4, -0.2) is 25.4 Å². The van der Waals surface area contributed by atoms with Gasteiger partial charge in [-0.05, 0) is 49.5 Å². The van der Waals surface area contributed by atoms with Crippen molar-refractivity contribution < 1.29 is 9.47 Å². The van der Waals surface area contributed by atoms with E-state index in [9.17, 15) is 0 Å². The standard InChI is InChI=1S/C15H28N2O2/c1-14(2)6-8-15(18-3,9-7-14)13(17-16)12-5-4-10-19-11-12/h11,13,17H,4-10,16H2,1-3H3. The lowest BCUT2D eigenvalue weighted by Crippen LogP contribution is -2.57. The van der Waals surface area contributed by atoms with Gasteiger partial charge in [-0.1, -0.05) is 13.8 Å². The minimum Gasteiger partial charge on any atom is -0.501 e. The maximum Gasteiger partial charge on any atom is 0.0883 e. The van der Waals surface area contributed by atoms with Crippen LogP contribution < -0.4 is 11.3 Å². The van der Waals surface area contributed by atoms with E-state index >= 15 is 0 Å². The predicted molar refractivity (Wildman–Crippen MR) is 76.4 cm³/mol. The molecule has 3 N–H and O–H groups in total. The summed E-state index contributed by atoms with van der Waals surface area (Å²) < 4.78 is 11.4. The Balaban J connectivity index is 2.16. The van der Waals surface area contributed by atoms with Crippen molar-refractivity contribution in [3.63, 3.8) is 0 Å². The number of nitrogens with two attached hydrogens (primary N) is 1. The fraction of sp³-hybridized carbons (Fsp3) is 0.867. The van der Waals surface area contributed by atoms with Gasteiger partial charge in [-0.2, -0.15) is 0 Å². The van der Waals surface area contributed by atoms with Crippen molar-refractivity contribution in [2.24, 2.45) is 11.3 Å². The molecule has 0 aromatic rings.